The molecule has 420 valence electrons. The Balaban J connectivity index is 4.12. The molecule has 0 aromatic heterocycles. The molecule has 0 saturated heterocycles. The minimum Gasteiger partial charge on any atom is -0.545 e. The number of carbonyl (C=O) groups is 3. The van der Waals surface area contributed by atoms with Crippen LogP contribution < -0.4 is 5.11 Å². The van der Waals surface area contributed by atoms with Crippen molar-refractivity contribution >= 4 is 17.9 Å². The van der Waals surface area contributed by atoms with Crippen LogP contribution in [0.5, 0.6) is 0 Å². The van der Waals surface area contributed by atoms with Gasteiger partial charge in [-0.3, -0.25) is 9.59 Å². The average Bonchev–Trinajstić information content (AvgIpc) is 3.36. The van der Waals surface area contributed by atoms with E-state index in [1.54, 1.807) is 0 Å². The van der Waals surface area contributed by atoms with E-state index in [1.165, 1.54) is 128 Å². The van der Waals surface area contributed by atoms with Crippen LogP contribution in [0.1, 0.15) is 245 Å². The molecular weight excluding hydrogens is 911 g/mol. The summed E-state index contributed by atoms with van der Waals surface area (Å²) in [7, 11) is 5.92. The number of carboxylic acid groups (broad SMARTS) is 1. The molecule has 2 unspecified atom stereocenters. The zero-order chi connectivity index (χ0) is 53.4. The molecule has 73 heavy (non-hydrogen) atoms. The van der Waals surface area contributed by atoms with Crippen molar-refractivity contribution in [2.75, 3.05) is 47.5 Å². The van der Waals surface area contributed by atoms with Gasteiger partial charge in [-0.15, -0.1) is 0 Å². The van der Waals surface area contributed by atoms with Crippen LogP contribution in [0, 0.1) is 0 Å². The third-order valence-electron chi connectivity index (χ3n) is 12.7. The lowest BCUT2D eigenvalue weighted by Gasteiger charge is -2.26. The van der Waals surface area contributed by atoms with Gasteiger partial charge in [0, 0.05) is 12.8 Å². The van der Waals surface area contributed by atoms with Crippen molar-refractivity contribution in [3.63, 3.8) is 0 Å². The van der Waals surface area contributed by atoms with Crippen LogP contribution in [0.15, 0.2) is 85.1 Å². The van der Waals surface area contributed by atoms with Crippen LogP contribution in [-0.4, -0.2) is 82.3 Å². The van der Waals surface area contributed by atoms with E-state index in [4.69, 9.17) is 18.9 Å². The number of nitrogens with zero attached hydrogens (tertiary/aromatic N) is 1. The minimum atomic E-state index is -1.62. The fraction of sp³-hybridized carbons (Fsp3) is 0.734. The van der Waals surface area contributed by atoms with Crippen molar-refractivity contribution in [1.29, 1.82) is 0 Å². The molecule has 0 aliphatic heterocycles. The van der Waals surface area contributed by atoms with E-state index in [0.29, 0.717) is 23.9 Å². The first-order valence-electron chi connectivity index (χ1n) is 29.7. The zero-order valence-electron chi connectivity index (χ0n) is 47.7. The summed E-state index contributed by atoms with van der Waals surface area (Å²) in [5.74, 6) is -2.28. The van der Waals surface area contributed by atoms with Gasteiger partial charge in [-0.2, -0.15) is 0 Å². The lowest BCUT2D eigenvalue weighted by Crippen LogP contribution is -2.44. The van der Waals surface area contributed by atoms with Gasteiger partial charge in [0.25, 0.3) is 0 Å². The van der Waals surface area contributed by atoms with E-state index >= 15 is 0 Å². The monoisotopic (exact) mass is 1020 g/mol. The van der Waals surface area contributed by atoms with Gasteiger partial charge < -0.3 is 33.3 Å². The van der Waals surface area contributed by atoms with E-state index in [-0.39, 0.29) is 32.2 Å². The molecule has 0 aromatic carbocycles. The molecule has 0 fully saturated rings. The standard InChI is InChI=1S/C64H111NO8/c1-6-8-10-12-14-16-18-20-21-22-23-24-25-26-27-28-29-30-31-32-33-34-35-36-37-38-39-40-41-43-45-47-49-51-53-55-62(67)73-60(59-72-64(63(68)69)70-57-56-65(3,4)5)58-71-61(66)54-52-50-48-46-44-42-19-17-15-13-11-9-7-2/h8,10,14,16,20-21,23-24,26-27,29-30,32-33,60,64H,6-7,9,11-13,15,17-19,22,25,28,31,34-59H2,1-5H3/b10-8-,16-14-,21-20-,24-23-,27-26-,30-29-,33-32-. The van der Waals surface area contributed by atoms with E-state index < -0.39 is 24.3 Å². The average molecular weight is 1020 g/mol. The zero-order valence-corrected chi connectivity index (χ0v) is 47.7. The molecule has 0 N–H and O–H groups in total. The molecule has 9 nitrogen and oxygen atoms in total. The van der Waals surface area contributed by atoms with Crippen LogP contribution >= 0.6 is 0 Å². The number of likely N-dealkylation sites (N-methyl/N-ethyl adjacent to an activating group) is 1. The summed E-state index contributed by atoms with van der Waals surface area (Å²) >= 11 is 0. The Morgan fingerprint density at radius 1 is 0.425 bits per heavy atom. The van der Waals surface area contributed by atoms with E-state index in [9.17, 15) is 19.5 Å². The summed E-state index contributed by atoms with van der Waals surface area (Å²) in [5.41, 5.74) is 0. The summed E-state index contributed by atoms with van der Waals surface area (Å²) in [6.45, 7) is 4.64. The van der Waals surface area contributed by atoms with Crippen LogP contribution in [0.4, 0.5) is 0 Å². The third-order valence-corrected chi connectivity index (χ3v) is 12.7. The number of rotatable bonds is 54. The summed E-state index contributed by atoms with van der Waals surface area (Å²) in [6.07, 6.45) is 69.2. The molecule has 0 heterocycles. The number of aliphatic carboxylic acids is 1. The summed E-state index contributed by atoms with van der Waals surface area (Å²) in [5, 5.41) is 11.8. The Kier molecular flexibility index (Phi) is 52.1. The lowest BCUT2D eigenvalue weighted by atomic mass is 10.0. The SMILES string of the molecule is CC/C=C\C/C=C\C/C=C\C/C=C\C/C=C\C/C=C\C/C=C\CCCCCCCCCCCCCCCC(=O)OC(COC(=O)CCCCCCCCCCCCCCC)COC(OCC[N+](C)(C)C)C(=O)[O-]. The molecule has 0 spiro atoms. The van der Waals surface area contributed by atoms with Crippen LogP contribution in [0.3, 0.4) is 0 Å². The normalized spacial score (nSPS) is 13.4. The molecule has 2 atom stereocenters. The minimum absolute atomic E-state index is 0.146. The fourth-order valence-corrected chi connectivity index (χ4v) is 8.11. The number of quaternary nitrogens is 1. The fourth-order valence-electron chi connectivity index (χ4n) is 8.11. The van der Waals surface area contributed by atoms with Gasteiger partial charge in [-0.25, -0.2) is 0 Å². The van der Waals surface area contributed by atoms with Crippen LogP contribution in [0.2, 0.25) is 0 Å². The number of carboxylic acids is 1. The van der Waals surface area contributed by atoms with Crippen molar-refractivity contribution < 1.29 is 42.9 Å². The molecule has 0 saturated carbocycles. The Morgan fingerprint density at radius 3 is 1.16 bits per heavy atom. The highest BCUT2D eigenvalue weighted by molar-refractivity contribution is 5.70. The maximum absolute atomic E-state index is 12.9. The second kappa shape index (κ2) is 54.7. The Morgan fingerprint density at radius 2 is 0.781 bits per heavy atom. The molecule has 0 amide bonds. The van der Waals surface area contributed by atoms with Gasteiger partial charge in [0.05, 0.1) is 40.3 Å². The number of hydrogen-bond acceptors (Lipinski definition) is 8. The van der Waals surface area contributed by atoms with Crippen molar-refractivity contribution in [1.82, 2.24) is 0 Å². The van der Waals surface area contributed by atoms with Gasteiger partial charge in [0.2, 0.25) is 0 Å². The molecule has 9 heteroatoms. The van der Waals surface area contributed by atoms with Gasteiger partial charge in [-0.1, -0.05) is 247 Å². The van der Waals surface area contributed by atoms with Crippen molar-refractivity contribution in [3.8, 4) is 0 Å². The van der Waals surface area contributed by atoms with Gasteiger partial charge in [0.1, 0.15) is 13.2 Å². The third kappa shape index (κ3) is 56.0. The highest BCUT2D eigenvalue weighted by Gasteiger charge is 2.22. The van der Waals surface area contributed by atoms with Crippen molar-refractivity contribution in [3.05, 3.63) is 85.1 Å². The summed E-state index contributed by atoms with van der Waals surface area (Å²) in [4.78, 5) is 37.2. The molecule has 0 rings (SSSR count). The van der Waals surface area contributed by atoms with Gasteiger partial charge in [-0.05, 0) is 70.6 Å². The molecular formula is C64H111NO8. The predicted octanol–water partition coefficient (Wildman–Crippen LogP) is 16.2. The number of allylic oxidation sites excluding steroid dienone is 14. The maximum Gasteiger partial charge on any atom is 0.306 e. The van der Waals surface area contributed by atoms with Crippen LogP contribution in [0.25, 0.3) is 0 Å². The Hall–Kier alpha value is -3.53. The molecule has 0 radical (unpaired) electrons. The van der Waals surface area contributed by atoms with Gasteiger partial charge in [0.15, 0.2) is 12.4 Å². The largest absolute Gasteiger partial charge is 0.545 e. The first kappa shape index (κ1) is 69.5. The van der Waals surface area contributed by atoms with E-state index in [1.807, 2.05) is 21.1 Å². The predicted molar refractivity (Wildman–Crippen MR) is 306 cm³/mol. The lowest BCUT2D eigenvalue weighted by molar-refractivity contribution is -0.870. The summed E-state index contributed by atoms with van der Waals surface area (Å²) in [6, 6.07) is 0. The van der Waals surface area contributed by atoms with Crippen molar-refractivity contribution in [2.24, 2.45) is 0 Å². The van der Waals surface area contributed by atoms with E-state index in [0.717, 1.165) is 83.5 Å². The van der Waals surface area contributed by atoms with E-state index in [2.05, 4.69) is 98.9 Å². The quantitative estimate of drug-likeness (QED) is 0.0195. The topological polar surface area (TPSA) is 111 Å². The van der Waals surface area contributed by atoms with Crippen molar-refractivity contribution in [2.45, 2.75) is 257 Å². The summed E-state index contributed by atoms with van der Waals surface area (Å²) < 4.78 is 22.7. The Bertz CT molecular complexity index is 1470. The van der Waals surface area contributed by atoms with Gasteiger partial charge >= 0.3 is 11.9 Å². The number of esters is 2. The number of ether oxygens (including phenoxy) is 4. The van der Waals surface area contributed by atoms with Crippen LogP contribution in [-0.2, 0) is 33.3 Å². The second-order valence-corrected chi connectivity index (χ2v) is 20.9. The molecule has 0 aromatic rings. The number of carbonyl (C=O) groups excluding carboxylic acids is 3. The second-order valence-electron chi connectivity index (χ2n) is 20.9. The number of hydrogen-bond donors (Lipinski definition) is 0. The first-order chi connectivity index (χ1) is 35.6. The molecule has 0 aliphatic rings. The highest BCUT2D eigenvalue weighted by Crippen LogP contribution is 2.16. The number of unbranched alkanes of at least 4 members (excludes halogenated alkanes) is 25. The maximum atomic E-state index is 12.9. The molecule has 0 aliphatic carbocycles. The highest BCUT2D eigenvalue weighted by atomic mass is 16.7. The molecule has 0 bridgehead atoms. The Labute approximate surface area is 449 Å². The first-order valence-corrected chi connectivity index (χ1v) is 29.7. The smallest absolute Gasteiger partial charge is 0.306 e.